The maximum absolute atomic E-state index is 13.3. The molecule has 0 radical (unpaired) electrons. The van der Waals surface area contributed by atoms with Crippen molar-refractivity contribution in [3.63, 3.8) is 0 Å². The van der Waals surface area contributed by atoms with Crippen molar-refractivity contribution in [2.24, 2.45) is 0 Å². The van der Waals surface area contributed by atoms with Crippen LogP contribution in [0.25, 0.3) is 0 Å². The van der Waals surface area contributed by atoms with E-state index in [0.29, 0.717) is 12.8 Å². The third-order valence-electron chi connectivity index (χ3n) is 6.37. The number of sulfone groups is 1. The first-order chi connectivity index (χ1) is 14.8. The maximum Gasteiger partial charge on any atom is 0.187 e. The van der Waals surface area contributed by atoms with E-state index in [1.807, 2.05) is 0 Å². The molecule has 1 rings (SSSR count). The Bertz CT molecular complexity index is 538. The molecule has 1 aliphatic rings. The van der Waals surface area contributed by atoms with Gasteiger partial charge in [0.2, 0.25) is 0 Å². The van der Waals surface area contributed by atoms with E-state index < -0.39 is 51.5 Å². The Morgan fingerprint density at radius 1 is 0.774 bits per heavy atom. The standard InChI is InChI=1S/C23H46O7S/c1-3-5-7-9-11-13-15-18(16-14-12-10-8-6-4-2)31(28,29)23-21(27)20(26)22(30-23)19(25)17-24/h18-27H,3-17H2,1-2H3/t19-,20-,21-,22+,23+/m1/s1. The SMILES string of the molecule is CCCCCCCCC(CCCCCCCC)S(=O)(=O)[C@@H]1O[C@@H]([C@H](O)CO)[C@H](O)[C@H]1O. The van der Waals surface area contributed by atoms with Gasteiger partial charge in [-0.2, -0.15) is 0 Å². The Morgan fingerprint density at radius 2 is 1.23 bits per heavy atom. The minimum atomic E-state index is -3.88. The molecule has 186 valence electrons. The smallest absolute Gasteiger partial charge is 0.187 e. The van der Waals surface area contributed by atoms with Crippen LogP contribution < -0.4 is 0 Å². The van der Waals surface area contributed by atoms with Gasteiger partial charge < -0.3 is 25.2 Å². The fraction of sp³-hybridized carbons (Fsp3) is 1.00. The number of ether oxygens (including phenoxy) is 1. The van der Waals surface area contributed by atoms with Gasteiger partial charge in [-0.25, -0.2) is 8.42 Å². The van der Waals surface area contributed by atoms with E-state index in [0.717, 1.165) is 64.2 Å². The fourth-order valence-electron chi connectivity index (χ4n) is 4.33. The molecule has 0 spiro atoms. The minimum Gasteiger partial charge on any atom is -0.394 e. The summed E-state index contributed by atoms with van der Waals surface area (Å²) in [5.74, 6) is 0. The summed E-state index contributed by atoms with van der Waals surface area (Å²) in [7, 11) is -3.88. The van der Waals surface area contributed by atoms with Crippen LogP contribution >= 0.6 is 0 Å². The topological polar surface area (TPSA) is 124 Å². The van der Waals surface area contributed by atoms with E-state index in [1.165, 1.54) is 12.8 Å². The van der Waals surface area contributed by atoms with Gasteiger partial charge in [0.1, 0.15) is 24.4 Å². The molecule has 1 fully saturated rings. The number of rotatable bonds is 18. The van der Waals surface area contributed by atoms with Crippen molar-refractivity contribution in [2.75, 3.05) is 6.61 Å². The van der Waals surface area contributed by atoms with Gasteiger partial charge in [0.15, 0.2) is 15.3 Å². The van der Waals surface area contributed by atoms with Crippen LogP contribution in [0, 0.1) is 0 Å². The lowest BCUT2D eigenvalue weighted by molar-refractivity contribution is -0.0721. The van der Waals surface area contributed by atoms with Gasteiger partial charge in [-0.1, -0.05) is 90.9 Å². The Hall–Kier alpha value is -0.250. The van der Waals surface area contributed by atoms with Crippen LogP contribution in [0.4, 0.5) is 0 Å². The Morgan fingerprint density at radius 3 is 1.68 bits per heavy atom. The van der Waals surface area contributed by atoms with Crippen LogP contribution in [0.2, 0.25) is 0 Å². The molecule has 5 atom stereocenters. The van der Waals surface area contributed by atoms with Crippen LogP contribution in [0.5, 0.6) is 0 Å². The zero-order valence-corrected chi connectivity index (χ0v) is 20.3. The zero-order chi connectivity index (χ0) is 23.3. The third kappa shape index (κ3) is 9.26. The van der Waals surface area contributed by atoms with Crippen LogP contribution in [0.3, 0.4) is 0 Å². The predicted molar refractivity (Wildman–Crippen MR) is 122 cm³/mol. The molecule has 0 bridgehead atoms. The third-order valence-corrected chi connectivity index (χ3v) is 8.81. The number of unbranched alkanes of at least 4 members (excludes halogenated alkanes) is 10. The molecule has 0 unspecified atom stereocenters. The molecule has 0 saturated carbocycles. The van der Waals surface area contributed by atoms with Gasteiger partial charge in [-0.05, 0) is 12.8 Å². The van der Waals surface area contributed by atoms with Crippen LogP contribution in [0.15, 0.2) is 0 Å². The van der Waals surface area contributed by atoms with Crippen molar-refractivity contribution in [3.05, 3.63) is 0 Å². The molecule has 0 aromatic rings. The van der Waals surface area contributed by atoms with Crippen molar-refractivity contribution >= 4 is 9.84 Å². The minimum absolute atomic E-state index is 0.513. The number of aliphatic hydroxyl groups is 4. The van der Waals surface area contributed by atoms with Gasteiger partial charge >= 0.3 is 0 Å². The van der Waals surface area contributed by atoms with E-state index in [2.05, 4.69) is 13.8 Å². The van der Waals surface area contributed by atoms with Crippen molar-refractivity contribution in [3.8, 4) is 0 Å². The molecule has 0 aliphatic carbocycles. The van der Waals surface area contributed by atoms with Gasteiger partial charge in [0, 0.05) is 0 Å². The second-order valence-corrected chi connectivity index (χ2v) is 11.3. The summed E-state index contributed by atoms with van der Waals surface area (Å²) in [5.41, 5.74) is -1.57. The van der Waals surface area contributed by atoms with Gasteiger partial charge in [-0.15, -0.1) is 0 Å². The normalized spacial score (nSPS) is 25.4. The maximum atomic E-state index is 13.3. The molecule has 4 N–H and O–H groups in total. The molecule has 1 heterocycles. The van der Waals surface area contributed by atoms with Gasteiger partial charge in [0.25, 0.3) is 0 Å². The highest BCUT2D eigenvalue weighted by Gasteiger charge is 2.52. The van der Waals surface area contributed by atoms with Crippen LogP contribution in [-0.4, -0.2) is 70.6 Å². The van der Waals surface area contributed by atoms with Crippen LogP contribution in [0.1, 0.15) is 104 Å². The number of aliphatic hydroxyl groups excluding tert-OH is 4. The summed E-state index contributed by atoms with van der Waals surface area (Å²) in [5, 5.41) is 38.8. The van der Waals surface area contributed by atoms with E-state index in [4.69, 9.17) is 9.84 Å². The molecule has 31 heavy (non-hydrogen) atoms. The zero-order valence-electron chi connectivity index (χ0n) is 19.5. The highest BCUT2D eigenvalue weighted by atomic mass is 32.2. The average molecular weight is 467 g/mol. The highest BCUT2D eigenvalue weighted by Crippen LogP contribution is 2.32. The quantitative estimate of drug-likeness (QED) is 0.229. The molecule has 0 amide bonds. The molecule has 0 aromatic carbocycles. The van der Waals surface area contributed by atoms with E-state index in [-0.39, 0.29) is 0 Å². The summed E-state index contributed by atoms with van der Waals surface area (Å²) in [6.07, 6.45) is 7.83. The largest absolute Gasteiger partial charge is 0.394 e. The molecule has 0 aromatic heterocycles. The average Bonchev–Trinajstić information content (AvgIpc) is 3.06. The first-order valence-corrected chi connectivity index (χ1v) is 13.9. The Labute approximate surface area is 189 Å². The summed E-state index contributed by atoms with van der Waals surface area (Å²) in [6, 6.07) is 0. The monoisotopic (exact) mass is 466 g/mol. The van der Waals surface area contributed by atoms with Gasteiger partial charge in [0.05, 0.1) is 11.9 Å². The van der Waals surface area contributed by atoms with E-state index >= 15 is 0 Å². The van der Waals surface area contributed by atoms with E-state index in [1.54, 1.807) is 0 Å². The van der Waals surface area contributed by atoms with Crippen molar-refractivity contribution in [1.82, 2.24) is 0 Å². The second-order valence-electron chi connectivity index (χ2n) is 9.02. The first-order valence-electron chi connectivity index (χ1n) is 12.3. The van der Waals surface area contributed by atoms with Crippen molar-refractivity contribution in [2.45, 2.75) is 139 Å². The summed E-state index contributed by atoms with van der Waals surface area (Å²) in [6.45, 7) is 3.64. The summed E-state index contributed by atoms with van der Waals surface area (Å²) >= 11 is 0. The molecule has 1 aliphatic heterocycles. The molecule has 7 nitrogen and oxygen atoms in total. The molecule has 1 saturated heterocycles. The van der Waals surface area contributed by atoms with Gasteiger partial charge in [-0.3, -0.25) is 0 Å². The summed E-state index contributed by atoms with van der Waals surface area (Å²) < 4.78 is 32.1. The molecular weight excluding hydrogens is 420 g/mol. The number of hydrogen-bond donors (Lipinski definition) is 4. The lowest BCUT2D eigenvalue weighted by Gasteiger charge is -2.24. The van der Waals surface area contributed by atoms with Crippen molar-refractivity contribution < 1.29 is 33.6 Å². The Kier molecular flexibility index (Phi) is 14.4. The van der Waals surface area contributed by atoms with Crippen LogP contribution in [-0.2, 0) is 14.6 Å². The number of hydrogen-bond acceptors (Lipinski definition) is 7. The molecule has 8 heteroatoms. The fourth-order valence-corrected chi connectivity index (χ4v) is 6.53. The molecular formula is C23H46O7S. The van der Waals surface area contributed by atoms with Crippen molar-refractivity contribution in [1.29, 1.82) is 0 Å². The first kappa shape index (κ1) is 28.8. The lowest BCUT2D eigenvalue weighted by Crippen LogP contribution is -2.42. The second kappa shape index (κ2) is 15.6. The predicted octanol–water partition coefficient (Wildman–Crippen LogP) is 3.07. The van der Waals surface area contributed by atoms with E-state index in [9.17, 15) is 23.7 Å². The highest BCUT2D eigenvalue weighted by molar-refractivity contribution is 7.92. The summed E-state index contributed by atoms with van der Waals surface area (Å²) in [4.78, 5) is 0. The lowest BCUT2D eigenvalue weighted by atomic mass is 10.0. The Balaban J connectivity index is 2.75.